The van der Waals surface area contributed by atoms with E-state index in [4.69, 9.17) is 10.5 Å². The minimum atomic E-state index is -0.226. The van der Waals surface area contributed by atoms with Crippen LogP contribution >= 0.6 is 0 Å². The molecule has 0 aromatic rings. The Bertz CT molecular complexity index is 228. The van der Waals surface area contributed by atoms with Crippen LogP contribution < -0.4 is 5.73 Å². The maximum atomic E-state index is 11.3. The van der Waals surface area contributed by atoms with Gasteiger partial charge in [-0.25, -0.2) is 4.79 Å². The third-order valence-corrected chi connectivity index (χ3v) is 3.61. The summed E-state index contributed by atoms with van der Waals surface area (Å²) in [6.45, 7) is 0.803. The second kappa shape index (κ2) is 3.77. The van der Waals surface area contributed by atoms with E-state index in [1.54, 1.807) is 4.90 Å². The summed E-state index contributed by atoms with van der Waals surface area (Å²) in [7, 11) is 1.42. The number of nitrogens with two attached hydrogens (primary N) is 1. The zero-order chi connectivity index (χ0) is 10.1. The van der Waals surface area contributed by atoms with Gasteiger partial charge in [-0.1, -0.05) is 6.42 Å². The summed E-state index contributed by atoms with van der Waals surface area (Å²) < 4.78 is 4.70. The molecule has 1 amide bonds. The van der Waals surface area contributed by atoms with Gasteiger partial charge in [0.15, 0.2) is 0 Å². The molecule has 2 N–H and O–H groups in total. The summed E-state index contributed by atoms with van der Waals surface area (Å²) in [5.41, 5.74) is 6.12. The minimum Gasteiger partial charge on any atom is -0.453 e. The molecule has 0 aromatic heterocycles. The van der Waals surface area contributed by atoms with Crippen LogP contribution in [-0.4, -0.2) is 36.7 Å². The SMILES string of the molecule is COC(=O)N1CCC1C(N)C1CCC1. The standard InChI is InChI=1S/C10H18N2O2/c1-14-10(13)12-6-5-8(12)9(11)7-3-2-4-7/h7-9H,2-6,11H2,1H3. The number of methoxy groups -OCH3 is 1. The number of hydrogen-bond acceptors (Lipinski definition) is 3. The Morgan fingerprint density at radius 1 is 1.50 bits per heavy atom. The largest absolute Gasteiger partial charge is 0.453 e. The number of ether oxygens (including phenoxy) is 1. The Morgan fingerprint density at radius 3 is 2.57 bits per heavy atom. The monoisotopic (exact) mass is 198 g/mol. The third kappa shape index (κ3) is 1.47. The fourth-order valence-electron chi connectivity index (χ4n) is 2.29. The molecule has 2 rings (SSSR count). The van der Waals surface area contributed by atoms with Crippen molar-refractivity contribution in [3.05, 3.63) is 0 Å². The molecule has 1 saturated carbocycles. The van der Waals surface area contributed by atoms with Crippen LogP contribution in [0.3, 0.4) is 0 Å². The molecule has 1 aliphatic carbocycles. The molecule has 2 unspecified atom stereocenters. The topological polar surface area (TPSA) is 55.6 Å². The molecule has 0 radical (unpaired) electrons. The van der Waals surface area contributed by atoms with E-state index in [-0.39, 0.29) is 18.2 Å². The summed E-state index contributed by atoms with van der Waals surface area (Å²) in [6, 6.07) is 0.393. The zero-order valence-corrected chi connectivity index (χ0v) is 8.61. The van der Waals surface area contributed by atoms with Gasteiger partial charge in [0.05, 0.1) is 13.2 Å². The van der Waals surface area contributed by atoms with E-state index >= 15 is 0 Å². The van der Waals surface area contributed by atoms with Crippen LogP contribution in [0.5, 0.6) is 0 Å². The highest BCUT2D eigenvalue weighted by Crippen LogP contribution is 2.34. The average Bonchev–Trinajstić information content (AvgIpc) is 1.98. The number of rotatable bonds is 2. The summed E-state index contributed by atoms with van der Waals surface area (Å²) >= 11 is 0. The Labute approximate surface area is 84.4 Å². The second-order valence-electron chi connectivity index (χ2n) is 4.29. The third-order valence-electron chi connectivity index (χ3n) is 3.61. The number of hydrogen-bond donors (Lipinski definition) is 1. The van der Waals surface area contributed by atoms with Gasteiger partial charge >= 0.3 is 6.09 Å². The molecule has 4 heteroatoms. The minimum absolute atomic E-state index is 0.164. The molecule has 1 aliphatic heterocycles. The normalized spacial score (nSPS) is 29.0. The molecule has 1 saturated heterocycles. The molecular weight excluding hydrogens is 180 g/mol. The number of likely N-dealkylation sites (tertiary alicyclic amines) is 1. The fourth-order valence-corrected chi connectivity index (χ4v) is 2.29. The molecule has 4 nitrogen and oxygen atoms in total. The van der Waals surface area contributed by atoms with Gasteiger partial charge in [0.1, 0.15) is 0 Å². The van der Waals surface area contributed by atoms with Gasteiger partial charge in [-0.2, -0.15) is 0 Å². The van der Waals surface area contributed by atoms with Crippen molar-refractivity contribution in [1.29, 1.82) is 0 Å². The van der Waals surface area contributed by atoms with Gasteiger partial charge in [0.2, 0.25) is 0 Å². The Balaban J connectivity index is 1.88. The van der Waals surface area contributed by atoms with Crippen molar-refractivity contribution in [2.75, 3.05) is 13.7 Å². The molecular formula is C10H18N2O2. The van der Waals surface area contributed by atoms with E-state index < -0.39 is 0 Å². The first-order chi connectivity index (χ1) is 6.74. The second-order valence-corrected chi connectivity index (χ2v) is 4.29. The molecule has 2 atom stereocenters. The van der Waals surface area contributed by atoms with E-state index in [0.717, 1.165) is 13.0 Å². The van der Waals surface area contributed by atoms with Gasteiger partial charge in [0, 0.05) is 12.6 Å². The molecule has 0 spiro atoms. The highest BCUT2D eigenvalue weighted by Gasteiger charge is 2.41. The zero-order valence-electron chi connectivity index (χ0n) is 8.61. The highest BCUT2D eigenvalue weighted by atomic mass is 16.5. The van der Waals surface area contributed by atoms with Gasteiger partial charge in [-0.05, 0) is 25.2 Å². The Kier molecular flexibility index (Phi) is 2.63. The number of amides is 1. The van der Waals surface area contributed by atoms with Crippen LogP contribution in [-0.2, 0) is 4.74 Å². The molecule has 14 heavy (non-hydrogen) atoms. The lowest BCUT2D eigenvalue weighted by atomic mass is 9.75. The quantitative estimate of drug-likeness (QED) is 0.719. The lowest BCUT2D eigenvalue weighted by molar-refractivity contribution is 0.0318. The number of carbonyl (C=O) groups excluding carboxylic acids is 1. The molecule has 2 fully saturated rings. The van der Waals surface area contributed by atoms with E-state index in [9.17, 15) is 4.79 Å². The summed E-state index contributed by atoms with van der Waals surface area (Å²) in [6.07, 6.45) is 4.56. The van der Waals surface area contributed by atoms with Crippen molar-refractivity contribution in [2.24, 2.45) is 11.7 Å². The smallest absolute Gasteiger partial charge is 0.409 e. The number of carbonyl (C=O) groups is 1. The molecule has 2 aliphatic rings. The van der Waals surface area contributed by atoms with Crippen molar-refractivity contribution in [1.82, 2.24) is 4.90 Å². The maximum Gasteiger partial charge on any atom is 0.409 e. The van der Waals surface area contributed by atoms with E-state index in [1.807, 2.05) is 0 Å². The number of nitrogens with zero attached hydrogens (tertiary/aromatic N) is 1. The first-order valence-electron chi connectivity index (χ1n) is 5.34. The first-order valence-corrected chi connectivity index (χ1v) is 5.34. The fraction of sp³-hybridized carbons (Fsp3) is 0.900. The van der Waals surface area contributed by atoms with Crippen molar-refractivity contribution in [2.45, 2.75) is 37.8 Å². The van der Waals surface area contributed by atoms with Crippen molar-refractivity contribution < 1.29 is 9.53 Å². The predicted octanol–water partition coefficient (Wildman–Crippen LogP) is 0.955. The van der Waals surface area contributed by atoms with E-state index in [2.05, 4.69) is 0 Å². The summed E-state index contributed by atoms with van der Waals surface area (Å²) in [5.74, 6) is 0.632. The van der Waals surface area contributed by atoms with Crippen LogP contribution in [0, 0.1) is 5.92 Å². The van der Waals surface area contributed by atoms with Crippen LogP contribution in [0.4, 0.5) is 4.79 Å². The van der Waals surface area contributed by atoms with Crippen LogP contribution in [0.25, 0.3) is 0 Å². The van der Waals surface area contributed by atoms with Crippen molar-refractivity contribution in [3.8, 4) is 0 Å². The lowest BCUT2D eigenvalue weighted by Crippen LogP contribution is -2.61. The average molecular weight is 198 g/mol. The van der Waals surface area contributed by atoms with Crippen LogP contribution in [0.2, 0.25) is 0 Å². The van der Waals surface area contributed by atoms with Gasteiger partial charge in [0.25, 0.3) is 0 Å². The van der Waals surface area contributed by atoms with Crippen molar-refractivity contribution >= 4 is 6.09 Å². The molecule has 0 aromatic carbocycles. The predicted molar refractivity (Wildman–Crippen MR) is 52.8 cm³/mol. The molecule has 80 valence electrons. The summed E-state index contributed by atoms with van der Waals surface area (Å²) in [4.78, 5) is 13.0. The Morgan fingerprint density at radius 2 is 2.21 bits per heavy atom. The van der Waals surface area contributed by atoms with Crippen molar-refractivity contribution in [3.63, 3.8) is 0 Å². The van der Waals surface area contributed by atoms with Gasteiger partial charge in [-0.15, -0.1) is 0 Å². The first kappa shape index (κ1) is 9.77. The van der Waals surface area contributed by atoms with Crippen LogP contribution in [0.1, 0.15) is 25.7 Å². The summed E-state index contributed by atoms with van der Waals surface area (Å²) in [5, 5.41) is 0. The molecule has 1 heterocycles. The Hall–Kier alpha value is -0.770. The lowest BCUT2D eigenvalue weighted by Gasteiger charge is -2.47. The van der Waals surface area contributed by atoms with Crippen LogP contribution in [0.15, 0.2) is 0 Å². The van der Waals surface area contributed by atoms with Gasteiger partial charge in [-0.3, -0.25) is 0 Å². The van der Waals surface area contributed by atoms with E-state index in [1.165, 1.54) is 26.4 Å². The highest BCUT2D eigenvalue weighted by molar-refractivity contribution is 5.69. The molecule has 0 bridgehead atoms. The van der Waals surface area contributed by atoms with Gasteiger partial charge < -0.3 is 15.4 Å². The maximum absolute atomic E-state index is 11.3. The van der Waals surface area contributed by atoms with E-state index in [0.29, 0.717) is 5.92 Å².